The molecule has 1 N–H and O–H groups in total. The first kappa shape index (κ1) is 12.3. The number of nitrogens with one attached hydrogen (secondary N) is 1. The molecule has 84 valence electrons. The molecule has 0 atom stereocenters. The van der Waals surface area contributed by atoms with Crippen LogP contribution >= 0.6 is 0 Å². The summed E-state index contributed by atoms with van der Waals surface area (Å²) < 4.78 is 26.4. The van der Waals surface area contributed by atoms with Crippen molar-refractivity contribution in [3.05, 3.63) is 47.2 Å². The molecule has 0 aromatic heterocycles. The summed E-state index contributed by atoms with van der Waals surface area (Å²) in [7, 11) is 0. The van der Waals surface area contributed by atoms with Gasteiger partial charge in [0.2, 0.25) is 0 Å². The van der Waals surface area contributed by atoms with Crippen LogP contribution in [0.25, 0.3) is 0 Å². The minimum absolute atomic E-state index is 0.0379. The van der Waals surface area contributed by atoms with E-state index in [1.54, 1.807) is 13.0 Å². The van der Waals surface area contributed by atoms with Crippen molar-refractivity contribution in [2.24, 2.45) is 0 Å². The lowest BCUT2D eigenvalue weighted by molar-refractivity contribution is 0.546. The molecule has 0 bridgehead atoms. The molecule has 0 saturated heterocycles. The van der Waals surface area contributed by atoms with Crippen LogP contribution in [0.4, 0.5) is 8.78 Å². The second-order valence-corrected chi connectivity index (χ2v) is 3.35. The Bertz CT molecular complexity index is 410. The first-order valence-corrected chi connectivity index (χ1v) is 4.92. The minimum Gasteiger partial charge on any atom is -0.384 e. The van der Waals surface area contributed by atoms with E-state index < -0.39 is 11.6 Å². The summed E-state index contributed by atoms with van der Waals surface area (Å²) in [5.74, 6) is 1.37. The number of rotatable bonds is 4. The number of allylic oxidation sites excluding steroid dienone is 2. The molecule has 0 amide bonds. The van der Waals surface area contributed by atoms with Crippen molar-refractivity contribution in [2.75, 3.05) is 0 Å². The quantitative estimate of drug-likeness (QED) is 0.771. The molecular weight excluding hydrogens is 208 g/mol. The normalized spacial score (nSPS) is 11.0. The van der Waals surface area contributed by atoms with Gasteiger partial charge in [-0.05, 0) is 19.1 Å². The zero-order valence-corrected chi connectivity index (χ0v) is 9.06. The van der Waals surface area contributed by atoms with Crippen LogP contribution in [-0.2, 0) is 6.54 Å². The smallest absolute Gasteiger partial charge is 0.131 e. The lowest BCUT2D eigenvalue weighted by atomic mass is 10.2. The average Bonchev–Trinajstić information content (AvgIpc) is 2.25. The molecule has 3 heteroatoms. The van der Waals surface area contributed by atoms with Crippen molar-refractivity contribution in [3.63, 3.8) is 0 Å². The van der Waals surface area contributed by atoms with Crippen molar-refractivity contribution in [1.82, 2.24) is 5.32 Å². The Hall–Kier alpha value is -1.82. The second-order valence-electron chi connectivity index (χ2n) is 3.35. The van der Waals surface area contributed by atoms with Crippen LogP contribution in [0.1, 0.15) is 18.9 Å². The predicted molar refractivity (Wildman–Crippen MR) is 60.4 cm³/mol. The van der Waals surface area contributed by atoms with Gasteiger partial charge in [-0.2, -0.15) is 0 Å². The fourth-order valence-corrected chi connectivity index (χ4v) is 1.21. The summed E-state index contributed by atoms with van der Waals surface area (Å²) >= 11 is 0. The Morgan fingerprint density at radius 3 is 2.62 bits per heavy atom. The van der Waals surface area contributed by atoms with Crippen molar-refractivity contribution in [1.29, 1.82) is 0 Å². The van der Waals surface area contributed by atoms with Crippen molar-refractivity contribution in [3.8, 4) is 12.3 Å². The summed E-state index contributed by atoms with van der Waals surface area (Å²) in [6, 6.07) is 3.82. The number of terminal acetylenes is 1. The van der Waals surface area contributed by atoms with Gasteiger partial charge in [-0.1, -0.05) is 12.1 Å². The van der Waals surface area contributed by atoms with Gasteiger partial charge >= 0.3 is 0 Å². The topological polar surface area (TPSA) is 12.0 Å². The minimum atomic E-state index is -0.544. The molecule has 1 aromatic rings. The van der Waals surface area contributed by atoms with E-state index in [0.29, 0.717) is 6.42 Å². The number of hydrogen-bond donors (Lipinski definition) is 1. The van der Waals surface area contributed by atoms with Crippen molar-refractivity contribution < 1.29 is 8.78 Å². The number of benzene rings is 1. The van der Waals surface area contributed by atoms with Crippen molar-refractivity contribution in [2.45, 2.75) is 19.9 Å². The Kier molecular flexibility index (Phi) is 4.53. The van der Waals surface area contributed by atoms with Crippen LogP contribution in [-0.4, -0.2) is 0 Å². The molecule has 0 unspecified atom stereocenters. The fourth-order valence-electron chi connectivity index (χ4n) is 1.21. The molecule has 0 radical (unpaired) electrons. The van der Waals surface area contributed by atoms with Crippen molar-refractivity contribution >= 4 is 0 Å². The van der Waals surface area contributed by atoms with Gasteiger partial charge < -0.3 is 5.32 Å². The second kappa shape index (κ2) is 5.92. The largest absolute Gasteiger partial charge is 0.384 e. The van der Waals surface area contributed by atoms with Gasteiger partial charge in [-0.25, -0.2) is 8.78 Å². The Morgan fingerprint density at radius 2 is 2.06 bits per heavy atom. The monoisotopic (exact) mass is 221 g/mol. The maximum Gasteiger partial charge on any atom is 0.131 e. The molecule has 0 aliphatic heterocycles. The highest BCUT2D eigenvalue weighted by molar-refractivity contribution is 5.20. The van der Waals surface area contributed by atoms with E-state index in [0.717, 1.165) is 5.70 Å². The van der Waals surface area contributed by atoms with E-state index in [-0.39, 0.29) is 12.1 Å². The third-order valence-electron chi connectivity index (χ3n) is 2.13. The number of halogens is 2. The predicted octanol–water partition coefficient (Wildman–Crippen LogP) is 2.98. The third-order valence-corrected chi connectivity index (χ3v) is 2.13. The molecule has 0 heterocycles. The molecule has 0 saturated carbocycles. The molecule has 0 spiro atoms. The highest BCUT2D eigenvalue weighted by atomic mass is 19.1. The van der Waals surface area contributed by atoms with E-state index >= 15 is 0 Å². The molecule has 0 fully saturated rings. The van der Waals surface area contributed by atoms with Gasteiger partial charge in [-0.15, -0.1) is 12.3 Å². The fraction of sp³-hybridized carbons (Fsp3) is 0.231. The maximum atomic E-state index is 13.2. The molecule has 1 aromatic carbocycles. The molecule has 0 aliphatic carbocycles. The highest BCUT2D eigenvalue weighted by Gasteiger charge is 2.07. The van der Waals surface area contributed by atoms with Gasteiger partial charge in [0.25, 0.3) is 0 Å². The van der Waals surface area contributed by atoms with Gasteiger partial charge in [0.1, 0.15) is 11.6 Å². The number of hydrogen-bond acceptors (Lipinski definition) is 1. The molecule has 0 aliphatic rings. The maximum absolute atomic E-state index is 13.2. The van der Waals surface area contributed by atoms with Gasteiger partial charge in [0.05, 0.1) is 0 Å². The van der Waals surface area contributed by atoms with E-state index in [4.69, 9.17) is 6.42 Å². The van der Waals surface area contributed by atoms with E-state index in [1.165, 1.54) is 18.2 Å². The summed E-state index contributed by atoms with van der Waals surface area (Å²) in [6.07, 6.45) is 7.38. The van der Waals surface area contributed by atoms with Crippen LogP contribution in [0.3, 0.4) is 0 Å². The van der Waals surface area contributed by atoms with Gasteiger partial charge in [-0.3, -0.25) is 0 Å². The van der Waals surface area contributed by atoms with Crippen LogP contribution < -0.4 is 5.32 Å². The summed E-state index contributed by atoms with van der Waals surface area (Å²) in [5, 5.41) is 2.90. The Labute approximate surface area is 94.2 Å². The van der Waals surface area contributed by atoms with Gasteiger partial charge in [0.15, 0.2) is 0 Å². The van der Waals surface area contributed by atoms with E-state index in [9.17, 15) is 8.78 Å². The first-order chi connectivity index (χ1) is 7.65. The SMILES string of the molecule is C#CC/C=C(\C)NCc1c(F)cccc1F. The summed E-state index contributed by atoms with van der Waals surface area (Å²) in [5.41, 5.74) is 0.844. The standard InChI is InChI=1S/C13H13F2N/c1-3-4-6-10(2)16-9-11-12(14)7-5-8-13(11)15/h1,5-8,16H,4,9H2,2H3/b10-6+. The molecule has 1 rings (SSSR count). The van der Waals surface area contributed by atoms with Crippen LogP contribution in [0.5, 0.6) is 0 Å². The average molecular weight is 221 g/mol. The first-order valence-electron chi connectivity index (χ1n) is 4.92. The van der Waals surface area contributed by atoms with Crippen LogP contribution in [0.2, 0.25) is 0 Å². The van der Waals surface area contributed by atoms with Crippen LogP contribution in [0, 0.1) is 24.0 Å². The zero-order valence-electron chi connectivity index (χ0n) is 9.06. The Balaban J connectivity index is 2.65. The summed E-state index contributed by atoms with van der Waals surface area (Å²) in [6.45, 7) is 1.92. The highest BCUT2D eigenvalue weighted by Crippen LogP contribution is 2.11. The lowest BCUT2D eigenvalue weighted by Crippen LogP contribution is -2.13. The summed E-state index contributed by atoms with van der Waals surface area (Å²) in [4.78, 5) is 0. The lowest BCUT2D eigenvalue weighted by Gasteiger charge is -2.08. The molecule has 1 nitrogen and oxygen atoms in total. The third kappa shape index (κ3) is 3.39. The van der Waals surface area contributed by atoms with E-state index in [1.807, 2.05) is 0 Å². The molecular formula is C13H13F2N. The van der Waals surface area contributed by atoms with Gasteiger partial charge in [0, 0.05) is 24.2 Å². The van der Waals surface area contributed by atoms with Crippen LogP contribution in [0.15, 0.2) is 30.0 Å². The zero-order chi connectivity index (χ0) is 12.0. The van der Waals surface area contributed by atoms with E-state index in [2.05, 4.69) is 11.2 Å². The Morgan fingerprint density at radius 1 is 1.44 bits per heavy atom. The molecule has 16 heavy (non-hydrogen) atoms.